The zero-order chi connectivity index (χ0) is 21.5. The van der Waals surface area contributed by atoms with Crippen LogP contribution in [0, 0.1) is 12.8 Å². The van der Waals surface area contributed by atoms with Gasteiger partial charge >= 0.3 is 0 Å². The predicted octanol–water partition coefficient (Wildman–Crippen LogP) is 5.08. The highest BCUT2D eigenvalue weighted by atomic mass is 16.1. The van der Waals surface area contributed by atoms with Crippen molar-refractivity contribution >= 4 is 11.6 Å². The van der Waals surface area contributed by atoms with Gasteiger partial charge in [-0.2, -0.15) is 0 Å². The summed E-state index contributed by atoms with van der Waals surface area (Å²) < 4.78 is 0. The maximum absolute atomic E-state index is 12.2. The minimum absolute atomic E-state index is 0.111. The molecule has 4 rings (SSSR count). The Bertz CT molecular complexity index is 980. The number of benzene rings is 2. The zero-order valence-electron chi connectivity index (χ0n) is 18.1. The molecule has 0 saturated carbocycles. The van der Waals surface area contributed by atoms with Gasteiger partial charge in [0.2, 0.25) is 5.91 Å². The van der Waals surface area contributed by atoms with E-state index in [1.807, 2.05) is 54.9 Å². The Morgan fingerprint density at radius 2 is 1.68 bits per heavy atom. The van der Waals surface area contributed by atoms with E-state index >= 15 is 0 Å². The molecule has 1 aliphatic rings. The highest BCUT2D eigenvalue weighted by Gasteiger charge is 2.20. The van der Waals surface area contributed by atoms with E-state index in [-0.39, 0.29) is 5.91 Å². The Morgan fingerprint density at radius 3 is 2.39 bits per heavy atom. The molecule has 2 heterocycles. The molecule has 160 valence electrons. The average molecular weight is 415 g/mol. The highest BCUT2D eigenvalue weighted by Crippen LogP contribution is 2.24. The van der Waals surface area contributed by atoms with E-state index in [1.165, 1.54) is 5.56 Å². The predicted molar refractivity (Wildman–Crippen MR) is 125 cm³/mol. The Kier molecular flexibility index (Phi) is 7.05. The summed E-state index contributed by atoms with van der Waals surface area (Å²) in [5.41, 5.74) is 4.30. The second kappa shape index (κ2) is 10.3. The number of hydrogen-bond acceptors (Lipinski definition) is 4. The minimum Gasteiger partial charge on any atom is -0.326 e. The lowest BCUT2D eigenvalue weighted by Crippen LogP contribution is -2.33. The van der Waals surface area contributed by atoms with Crippen LogP contribution in [0.2, 0.25) is 0 Å². The number of rotatable bonds is 7. The molecule has 1 aromatic heterocycles. The van der Waals surface area contributed by atoms with Gasteiger partial charge in [0.05, 0.1) is 0 Å². The first-order chi connectivity index (χ1) is 15.2. The van der Waals surface area contributed by atoms with Gasteiger partial charge in [0.25, 0.3) is 0 Å². The fourth-order valence-corrected chi connectivity index (χ4v) is 4.17. The summed E-state index contributed by atoms with van der Waals surface area (Å²) in [5, 5.41) is 2.98. The maximum Gasteiger partial charge on any atom is 0.224 e. The van der Waals surface area contributed by atoms with Crippen LogP contribution in [0.4, 0.5) is 5.69 Å². The van der Waals surface area contributed by atoms with Crippen molar-refractivity contribution in [3.63, 3.8) is 0 Å². The molecule has 0 aliphatic carbocycles. The van der Waals surface area contributed by atoms with Crippen LogP contribution >= 0.6 is 0 Å². The number of amides is 1. The monoisotopic (exact) mass is 414 g/mol. The number of likely N-dealkylation sites (tertiary alicyclic amines) is 1. The minimum atomic E-state index is 0.111. The van der Waals surface area contributed by atoms with Crippen LogP contribution in [-0.4, -0.2) is 33.9 Å². The van der Waals surface area contributed by atoms with Gasteiger partial charge in [0.15, 0.2) is 5.82 Å². The molecule has 3 aromatic rings. The van der Waals surface area contributed by atoms with E-state index in [4.69, 9.17) is 0 Å². The number of nitrogens with zero attached hydrogens (tertiary/aromatic N) is 3. The molecule has 0 atom stereocenters. The molecule has 0 unspecified atom stereocenters. The third kappa shape index (κ3) is 5.98. The van der Waals surface area contributed by atoms with E-state index in [9.17, 15) is 4.79 Å². The third-order valence-corrected chi connectivity index (χ3v) is 6.04. The Morgan fingerprint density at radius 1 is 1.00 bits per heavy atom. The van der Waals surface area contributed by atoms with Crippen molar-refractivity contribution < 1.29 is 4.79 Å². The van der Waals surface area contributed by atoms with Crippen LogP contribution in [0.3, 0.4) is 0 Å². The highest BCUT2D eigenvalue weighted by molar-refractivity contribution is 5.90. The molecule has 5 heteroatoms. The molecular formula is C26H30N4O. The summed E-state index contributed by atoms with van der Waals surface area (Å²) in [6, 6.07) is 17.9. The van der Waals surface area contributed by atoms with Crippen molar-refractivity contribution in [2.45, 2.75) is 39.2 Å². The van der Waals surface area contributed by atoms with Crippen molar-refractivity contribution in [2.24, 2.45) is 5.92 Å². The average Bonchev–Trinajstić information content (AvgIpc) is 2.80. The molecule has 31 heavy (non-hydrogen) atoms. The van der Waals surface area contributed by atoms with E-state index in [2.05, 4.69) is 39.2 Å². The van der Waals surface area contributed by atoms with Gasteiger partial charge < -0.3 is 5.32 Å². The Balaban J connectivity index is 1.20. The standard InChI is InChI=1S/C26H30N4O/c1-20-7-5-6-10-24(20)26-27-17-22(18-28-26)19-30-15-13-21(14-16-30)11-12-25(31)29-23-8-3-2-4-9-23/h2-10,17-18,21H,11-16,19H2,1H3,(H,29,31). The van der Waals surface area contributed by atoms with Crippen LogP contribution in [0.25, 0.3) is 11.4 Å². The number of carbonyl (C=O) groups excluding carboxylic acids is 1. The summed E-state index contributed by atoms with van der Waals surface area (Å²) >= 11 is 0. The van der Waals surface area contributed by atoms with E-state index in [1.54, 1.807) is 0 Å². The molecular weight excluding hydrogens is 384 g/mol. The second-order valence-electron chi connectivity index (χ2n) is 8.40. The lowest BCUT2D eigenvalue weighted by Gasteiger charge is -2.31. The maximum atomic E-state index is 12.2. The number of anilines is 1. The number of piperidine rings is 1. The normalized spacial score (nSPS) is 15.0. The fourth-order valence-electron chi connectivity index (χ4n) is 4.17. The van der Waals surface area contributed by atoms with Crippen LogP contribution in [0.15, 0.2) is 67.0 Å². The van der Waals surface area contributed by atoms with Crippen molar-refractivity contribution in [1.82, 2.24) is 14.9 Å². The third-order valence-electron chi connectivity index (χ3n) is 6.04. The Labute approximate surface area is 184 Å². The molecule has 0 radical (unpaired) electrons. The molecule has 0 spiro atoms. The van der Waals surface area contributed by atoms with Gasteiger partial charge in [-0.3, -0.25) is 9.69 Å². The van der Waals surface area contributed by atoms with Gasteiger partial charge in [-0.15, -0.1) is 0 Å². The van der Waals surface area contributed by atoms with Crippen molar-refractivity contribution in [3.8, 4) is 11.4 Å². The largest absolute Gasteiger partial charge is 0.326 e. The smallest absolute Gasteiger partial charge is 0.224 e. The van der Waals surface area contributed by atoms with Gasteiger partial charge in [-0.1, -0.05) is 42.5 Å². The summed E-state index contributed by atoms with van der Waals surface area (Å²) in [5.74, 6) is 1.52. The van der Waals surface area contributed by atoms with E-state index in [0.29, 0.717) is 12.3 Å². The lowest BCUT2D eigenvalue weighted by molar-refractivity contribution is -0.116. The number of carbonyl (C=O) groups is 1. The van der Waals surface area contributed by atoms with Crippen LogP contribution in [-0.2, 0) is 11.3 Å². The first-order valence-corrected chi connectivity index (χ1v) is 11.1. The van der Waals surface area contributed by atoms with Gasteiger partial charge in [0.1, 0.15) is 0 Å². The number of para-hydroxylation sites is 1. The summed E-state index contributed by atoms with van der Waals surface area (Å²) in [6.07, 6.45) is 7.74. The first kappa shape index (κ1) is 21.2. The fraction of sp³-hybridized carbons (Fsp3) is 0.346. The molecule has 0 bridgehead atoms. The molecule has 5 nitrogen and oxygen atoms in total. The molecule has 1 fully saturated rings. The molecule has 1 N–H and O–H groups in total. The number of nitrogens with one attached hydrogen (secondary N) is 1. The number of aryl methyl sites for hydroxylation is 1. The summed E-state index contributed by atoms with van der Waals surface area (Å²) in [6.45, 7) is 5.09. The second-order valence-corrected chi connectivity index (χ2v) is 8.40. The zero-order valence-corrected chi connectivity index (χ0v) is 18.1. The van der Waals surface area contributed by atoms with Gasteiger partial charge in [0, 0.05) is 42.2 Å². The van der Waals surface area contributed by atoms with E-state index < -0.39 is 0 Å². The van der Waals surface area contributed by atoms with Crippen LogP contribution in [0.1, 0.15) is 36.8 Å². The first-order valence-electron chi connectivity index (χ1n) is 11.1. The Hall–Kier alpha value is -3.05. The SMILES string of the molecule is Cc1ccccc1-c1ncc(CN2CCC(CCC(=O)Nc3ccccc3)CC2)cn1. The van der Waals surface area contributed by atoms with Crippen molar-refractivity contribution in [3.05, 3.63) is 78.1 Å². The summed E-state index contributed by atoms with van der Waals surface area (Å²) in [7, 11) is 0. The molecule has 2 aromatic carbocycles. The van der Waals surface area contributed by atoms with Crippen LogP contribution < -0.4 is 5.32 Å². The van der Waals surface area contributed by atoms with Crippen molar-refractivity contribution in [2.75, 3.05) is 18.4 Å². The molecule has 1 saturated heterocycles. The van der Waals surface area contributed by atoms with Crippen molar-refractivity contribution in [1.29, 1.82) is 0 Å². The van der Waals surface area contributed by atoms with Gasteiger partial charge in [-0.25, -0.2) is 9.97 Å². The number of hydrogen-bond donors (Lipinski definition) is 1. The molecule has 1 amide bonds. The van der Waals surface area contributed by atoms with Gasteiger partial charge in [-0.05, 0) is 62.9 Å². The number of aromatic nitrogens is 2. The topological polar surface area (TPSA) is 58.1 Å². The van der Waals surface area contributed by atoms with Crippen LogP contribution in [0.5, 0.6) is 0 Å². The molecule has 1 aliphatic heterocycles. The summed E-state index contributed by atoms with van der Waals surface area (Å²) in [4.78, 5) is 23.8. The lowest BCUT2D eigenvalue weighted by atomic mass is 9.92. The quantitative estimate of drug-likeness (QED) is 0.585. The van der Waals surface area contributed by atoms with E-state index in [0.717, 1.165) is 61.5 Å².